The summed E-state index contributed by atoms with van der Waals surface area (Å²) in [7, 11) is 0. The van der Waals surface area contributed by atoms with Crippen molar-refractivity contribution in [3.8, 4) is 0 Å². The lowest BCUT2D eigenvalue weighted by atomic mass is 10.1. The number of benzene rings is 1. The molecule has 1 heterocycles. The maximum Gasteiger partial charge on any atom is 0.152 e. The van der Waals surface area contributed by atoms with E-state index in [0.29, 0.717) is 5.92 Å². The second-order valence-electron chi connectivity index (χ2n) is 5.37. The van der Waals surface area contributed by atoms with Gasteiger partial charge in [0.25, 0.3) is 0 Å². The monoisotopic (exact) mass is 289 g/mol. The first-order valence-corrected chi connectivity index (χ1v) is 7.21. The maximum atomic E-state index is 5.91. The lowest BCUT2D eigenvalue weighted by Crippen LogP contribution is -2.11. The molecule has 0 saturated carbocycles. The Morgan fingerprint density at radius 3 is 2.25 bits per heavy atom. The van der Waals surface area contributed by atoms with Crippen LogP contribution in [0.5, 0.6) is 0 Å². The van der Waals surface area contributed by atoms with Gasteiger partial charge in [-0.2, -0.15) is 5.10 Å². The summed E-state index contributed by atoms with van der Waals surface area (Å²) in [5.41, 5.74) is 3.31. The standard InChI is InChI=1S/C16H20ClN3/c1-10(2)15-9-11(3)16(20-19-15)18-12(4)13-5-7-14(17)8-6-13/h5-10,12H,1-4H3,(H,18,20)/t12-/m0/s1. The van der Waals surface area contributed by atoms with Crippen LogP contribution in [0.4, 0.5) is 5.82 Å². The minimum Gasteiger partial charge on any atom is -0.362 e. The fraction of sp³-hybridized carbons (Fsp3) is 0.375. The molecule has 0 bridgehead atoms. The number of hydrogen-bond acceptors (Lipinski definition) is 3. The Labute approximate surface area is 125 Å². The zero-order chi connectivity index (χ0) is 14.7. The van der Waals surface area contributed by atoms with Crippen LogP contribution in [-0.4, -0.2) is 10.2 Å². The van der Waals surface area contributed by atoms with Gasteiger partial charge in [-0.05, 0) is 49.1 Å². The summed E-state index contributed by atoms with van der Waals surface area (Å²) in [5.74, 6) is 1.22. The highest BCUT2D eigenvalue weighted by Crippen LogP contribution is 2.22. The highest BCUT2D eigenvalue weighted by atomic mass is 35.5. The van der Waals surface area contributed by atoms with Gasteiger partial charge in [0.05, 0.1) is 11.7 Å². The van der Waals surface area contributed by atoms with Gasteiger partial charge in [0.15, 0.2) is 5.82 Å². The van der Waals surface area contributed by atoms with Gasteiger partial charge >= 0.3 is 0 Å². The average molecular weight is 290 g/mol. The van der Waals surface area contributed by atoms with Gasteiger partial charge in [-0.1, -0.05) is 37.6 Å². The average Bonchev–Trinajstić information content (AvgIpc) is 2.41. The molecule has 0 spiro atoms. The Hall–Kier alpha value is -1.61. The number of halogens is 1. The topological polar surface area (TPSA) is 37.8 Å². The molecule has 0 aliphatic rings. The molecular weight excluding hydrogens is 270 g/mol. The Balaban J connectivity index is 2.15. The molecule has 0 aliphatic heterocycles. The first-order valence-electron chi connectivity index (χ1n) is 6.83. The molecular formula is C16H20ClN3. The van der Waals surface area contributed by atoms with Crippen LogP contribution in [0.1, 0.15) is 49.6 Å². The third-order valence-electron chi connectivity index (χ3n) is 3.32. The number of aryl methyl sites for hydroxylation is 1. The van der Waals surface area contributed by atoms with Crippen molar-refractivity contribution in [1.82, 2.24) is 10.2 Å². The van der Waals surface area contributed by atoms with Crippen LogP contribution in [0, 0.1) is 6.92 Å². The smallest absolute Gasteiger partial charge is 0.152 e. The molecule has 0 fully saturated rings. The fourth-order valence-corrected chi connectivity index (χ4v) is 2.10. The van der Waals surface area contributed by atoms with Crippen molar-refractivity contribution in [3.05, 3.63) is 52.2 Å². The first kappa shape index (κ1) is 14.8. The Kier molecular flexibility index (Phi) is 4.61. The van der Waals surface area contributed by atoms with E-state index in [2.05, 4.69) is 49.3 Å². The number of hydrogen-bond donors (Lipinski definition) is 1. The van der Waals surface area contributed by atoms with Crippen molar-refractivity contribution < 1.29 is 0 Å². The van der Waals surface area contributed by atoms with Crippen LogP contribution < -0.4 is 5.32 Å². The molecule has 3 nitrogen and oxygen atoms in total. The quantitative estimate of drug-likeness (QED) is 0.884. The lowest BCUT2D eigenvalue weighted by molar-refractivity contribution is 0.774. The Bertz CT molecular complexity index is 579. The van der Waals surface area contributed by atoms with Crippen molar-refractivity contribution in [2.24, 2.45) is 0 Å². The third-order valence-corrected chi connectivity index (χ3v) is 3.57. The summed E-state index contributed by atoms with van der Waals surface area (Å²) in [6.07, 6.45) is 0. The third kappa shape index (κ3) is 3.48. The summed E-state index contributed by atoms with van der Waals surface area (Å²) >= 11 is 5.91. The summed E-state index contributed by atoms with van der Waals surface area (Å²) < 4.78 is 0. The van der Waals surface area contributed by atoms with E-state index in [1.165, 1.54) is 5.56 Å². The predicted molar refractivity (Wildman–Crippen MR) is 84.3 cm³/mol. The lowest BCUT2D eigenvalue weighted by Gasteiger charge is -2.17. The van der Waals surface area contributed by atoms with E-state index in [9.17, 15) is 0 Å². The second kappa shape index (κ2) is 6.23. The van der Waals surface area contributed by atoms with E-state index >= 15 is 0 Å². The van der Waals surface area contributed by atoms with E-state index < -0.39 is 0 Å². The van der Waals surface area contributed by atoms with Crippen molar-refractivity contribution in [2.75, 3.05) is 5.32 Å². The SMILES string of the molecule is Cc1cc(C(C)C)nnc1N[C@@H](C)c1ccc(Cl)cc1. The van der Waals surface area contributed by atoms with E-state index in [1.54, 1.807) is 0 Å². The van der Waals surface area contributed by atoms with Gasteiger partial charge in [0, 0.05) is 5.02 Å². The van der Waals surface area contributed by atoms with Crippen LogP contribution in [0.15, 0.2) is 30.3 Å². The number of anilines is 1. The highest BCUT2D eigenvalue weighted by molar-refractivity contribution is 6.30. The number of nitrogens with zero attached hydrogens (tertiary/aromatic N) is 2. The zero-order valence-corrected chi connectivity index (χ0v) is 13.1. The van der Waals surface area contributed by atoms with Gasteiger partial charge < -0.3 is 5.32 Å². The van der Waals surface area contributed by atoms with Gasteiger partial charge in [0.2, 0.25) is 0 Å². The molecule has 1 aromatic heterocycles. The van der Waals surface area contributed by atoms with Crippen LogP contribution >= 0.6 is 11.6 Å². The Morgan fingerprint density at radius 1 is 1.05 bits per heavy atom. The van der Waals surface area contributed by atoms with Crippen LogP contribution in [0.2, 0.25) is 5.02 Å². The molecule has 1 aromatic carbocycles. The predicted octanol–water partition coefficient (Wildman–Crippen LogP) is 4.73. The molecule has 2 rings (SSSR count). The molecule has 0 saturated heterocycles. The normalized spacial score (nSPS) is 12.5. The summed E-state index contributed by atoms with van der Waals surface area (Å²) in [5, 5.41) is 12.7. The largest absolute Gasteiger partial charge is 0.362 e. The second-order valence-corrected chi connectivity index (χ2v) is 5.81. The molecule has 2 aromatic rings. The summed E-state index contributed by atoms with van der Waals surface area (Å²) in [6, 6.07) is 10.1. The van der Waals surface area contributed by atoms with Gasteiger partial charge in [0.1, 0.15) is 0 Å². The highest BCUT2D eigenvalue weighted by Gasteiger charge is 2.10. The number of aromatic nitrogens is 2. The van der Waals surface area contributed by atoms with E-state index in [1.807, 2.05) is 24.3 Å². The van der Waals surface area contributed by atoms with E-state index in [-0.39, 0.29) is 6.04 Å². The van der Waals surface area contributed by atoms with Crippen LogP contribution in [0.3, 0.4) is 0 Å². The van der Waals surface area contributed by atoms with Crippen LogP contribution in [0.25, 0.3) is 0 Å². The van der Waals surface area contributed by atoms with E-state index in [4.69, 9.17) is 11.6 Å². The van der Waals surface area contributed by atoms with Crippen molar-refractivity contribution in [3.63, 3.8) is 0 Å². The summed E-state index contributed by atoms with van der Waals surface area (Å²) in [4.78, 5) is 0. The molecule has 0 radical (unpaired) electrons. The van der Waals surface area contributed by atoms with Gasteiger partial charge in [-0.25, -0.2) is 0 Å². The summed E-state index contributed by atoms with van der Waals surface area (Å²) in [6.45, 7) is 8.39. The van der Waals surface area contributed by atoms with Gasteiger partial charge in [-0.15, -0.1) is 5.10 Å². The molecule has 106 valence electrons. The first-order chi connectivity index (χ1) is 9.47. The minimum atomic E-state index is 0.158. The molecule has 1 atom stereocenters. The molecule has 4 heteroatoms. The van der Waals surface area contributed by atoms with Crippen molar-refractivity contribution >= 4 is 17.4 Å². The Morgan fingerprint density at radius 2 is 1.70 bits per heavy atom. The molecule has 0 unspecified atom stereocenters. The van der Waals surface area contributed by atoms with Crippen LogP contribution in [-0.2, 0) is 0 Å². The van der Waals surface area contributed by atoms with Crippen molar-refractivity contribution in [1.29, 1.82) is 0 Å². The minimum absolute atomic E-state index is 0.158. The molecule has 0 amide bonds. The van der Waals surface area contributed by atoms with Gasteiger partial charge in [-0.3, -0.25) is 0 Å². The molecule has 20 heavy (non-hydrogen) atoms. The van der Waals surface area contributed by atoms with Crippen molar-refractivity contribution in [2.45, 2.75) is 39.7 Å². The maximum absolute atomic E-state index is 5.91. The fourth-order valence-electron chi connectivity index (χ4n) is 1.97. The number of nitrogens with one attached hydrogen (secondary N) is 1. The molecule has 0 aliphatic carbocycles. The number of rotatable bonds is 4. The zero-order valence-electron chi connectivity index (χ0n) is 12.3. The molecule has 1 N–H and O–H groups in total. The van der Waals surface area contributed by atoms with E-state index in [0.717, 1.165) is 22.1 Å².